The Morgan fingerprint density at radius 2 is 2.11 bits per heavy atom. The Morgan fingerprint density at radius 1 is 1.44 bits per heavy atom. The second-order valence-corrected chi connectivity index (χ2v) is 1.59. The molecule has 0 fully saturated rings. The largest absolute Gasteiger partial charge is 0.481 e. The summed E-state index contributed by atoms with van der Waals surface area (Å²) in [6, 6.07) is 0. The summed E-state index contributed by atoms with van der Waals surface area (Å²) >= 11 is 0. The van der Waals surface area contributed by atoms with Gasteiger partial charge in [0.05, 0.1) is 6.61 Å². The Balaban J connectivity index is 3.09. The smallest absolute Gasteiger partial charge is 0.303 e. The number of hydrogen-bond acceptors (Lipinski definition) is 2. The third-order valence-corrected chi connectivity index (χ3v) is 0.797. The van der Waals surface area contributed by atoms with Crippen molar-refractivity contribution < 1.29 is 15.0 Å². The van der Waals surface area contributed by atoms with Crippen LogP contribution >= 0.6 is 0 Å². The maximum Gasteiger partial charge on any atom is 0.303 e. The molecule has 0 radical (unpaired) electrons. The van der Waals surface area contributed by atoms with Crippen molar-refractivity contribution in [3.05, 3.63) is 12.2 Å². The zero-order valence-corrected chi connectivity index (χ0v) is 5.08. The lowest BCUT2D eigenvalue weighted by atomic mass is 10.3. The second kappa shape index (κ2) is 5.31. The monoisotopic (exact) mass is 130 g/mol. The Kier molecular flexibility index (Phi) is 4.82. The zero-order chi connectivity index (χ0) is 7.11. The summed E-state index contributed by atoms with van der Waals surface area (Å²) < 4.78 is 0. The van der Waals surface area contributed by atoms with Gasteiger partial charge in [-0.2, -0.15) is 0 Å². The Morgan fingerprint density at radius 3 is 2.56 bits per heavy atom. The lowest BCUT2D eigenvalue weighted by molar-refractivity contribution is -0.136. The number of rotatable bonds is 4. The van der Waals surface area contributed by atoms with Crippen LogP contribution in [-0.4, -0.2) is 22.8 Å². The molecule has 0 aliphatic carbocycles. The van der Waals surface area contributed by atoms with Gasteiger partial charge in [-0.3, -0.25) is 4.79 Å². The van der Waals surface area contributed by atoms with Crippen LogP contribution < -0.4 is 0 Å². The van der Waals surface area contributed by atoms with Gasteiger partial charge in [0, 0.05) is 6.42 Å². The molecule has 3 nitrogen and oxygen atoms in total. The van der Waals surface area contributed by atoms with Crippen LogP contribution in [0.4, 0.5) is 0 Å². The van der Waals surface area contributed by atoms with E-state index in [1.54, 1.807) is 6.08 Å². The van der Waals surface area contributed by atoms with E-state index in [9.17, 15) is 4.79 Å². The summed E-state index contributed by atoms with van der Waals surface area (Å²) in [5.74, 6) is -0.808. The molecule has 0 aromatic heterocycles. The van der Waals surface area contributed by atoms with Crippen LogP contribution in [0.3, 0.4) is 0 Å². The van der Waals surface area contributed by atoms with Crippen molar-refractivity contribution in [3.8, 4) is 0 Å². The van der Waals surface area contributed by atoms with Crippen molar-refractivity contribution in [2.24, 2.45) is 0 Å². The molecule has 0 saturated heterocycles. The van der Waals surface area contributed by atoms with Gasteiger partial charge in [0.2, 0.25) is 0 Å². The minimum Gasteiger partial charge on any atom is -0.481 e. The highest BCUT2D eigenvalue weighted by atomic mass is 16.4. The quantitative estimate of drug-likeness (QED) is 0.541. The summed E-state index contributed by atoms with van der Waals surface area (Å²) in [6.45, 7) is -0.0143. The number of carboxylic acids is 1. The molecule has 0 aliphatic heterocycles. The van der Waals surface area contributed by atoms with Crippen molar-refractivity contribution in [2.75, 3.05) is 6.61 Å². The predicted octanol–water partition coefficient (Wildman–Crippen LogP) is 0.400. The summed E-state index contributed by atoms with van der Waals surface area (Å²) in [4.78, 5) is 9.87. The highest BCUT2D eigenvalue weighted by Gasteiger charge is 1.90. The van der Waals surface area contributed by atoms with Crippen molar-refractivity contribution in [2.45, 2.75) is 12.8 Å². The van der Waals surface area contributed by atoms with Gasteiger partial charge >= 0.3 is 5.97 Å². The van der Waals surface area contributed by atoms with Crippen LogP contribution in [0.25, 0.3) is 0 Å². The van der Waals surface area contributed by atoms with Crippen molar-refractivity contribution in [1.29, 1.82) is 0 Å². The highest BCUT2D eigenvalue weighted by molar-refractivity contribution is 5.66. The van der Waals surface area contributed by atoms with Crippen LogP contribution in [0.2, 0.25) is 0 Å². The summed E-state index contributed by atoms with van der Waals surface area (Å²) in [6.07, 6.45) is 3.81. The molecule has 2 N–H and O–H groups in total. The van der Waals surface area contributed by atoms with Crippen LogP contribution in [-0.2, 0) is 4.79 Å². The molecule has 0 unspecified atom stereocenters. The fourth-order valence-corrected chi connectivity index (χ4v) is 0.399. The van der Waals surface area contributed by atoms with E-state index in [2.05, 4.69) is 0 Å². The third kappa shape index (κ3) is 7.17. The average molecular weight is 130 g/mol. The fraction of sp³-hybridized carbons (Fsp3) is 0.500. The van der Waals surface area contributed by atoms with Crippen molar-refractivity contribution in [1.82, 2.24) is 0 Å². The van der Waals surface area contributed by atoms with E-state index in [1.165, 1.54) is 6.08 Å². The minimum absolute atomic E-state index is 0.0143. The van der Waals surface area contributed by atoms with E-state index >= 15 is 0 Å². The molecule has 0 atom stereocenters. The van der Waals surface area contributed by atoms with Gasteiger partial charge in [-0.15, -0.1) is 0 Å². The first kappa shape index (κ1) is 8.17. The molecule has 3 heteroatoms. The summed E-state index contributed by atoms with van der Waals surface area (Å²) in [7, 11) is 0. The number of aliphatic carboxylic acids is 1. The van der Waals surface area contributed by atoms with Gasteiger partial charge in [-0.25, -0.2) is 0 Å². The molecular formula is C6H10O3. The molecule has 0 amide bonds. The Labute approximate surface area is 53.6 Å². The van der Waals surface area contributed by atoms with E-state index in [4.69, 9.17) is 10.2 Å². The Bertz CT molecular complexity index is 107. The lowest BCUT2D eigenvalue weighted by Crippen LogP contribution is -1.91. The first-order valence-corrected chi connectivity index (χ1v) is 2.75. The van der Waals surface area contributed by atoms with Crippen LogP contribution in [0, 0.1) is 0 Å². The number of allylic oxidation sites excluding steroid dienone is 1. The van der Waals surface area contributed by atoms with Crippen LogP contribution in [0.1, 0.15) is 12.8 Å². The maximum absolute atomic E-state index is 9.87. The van der Waals surface area contributed by atoms with E-state index in [0.717, 1.165) is 0 Å². The third-order valence-electron chi connectivity index (χ3n) is 0.797. The maximum atomic E-state index is 9.87. The normalized spacial score (nSPS) is 10.3. The average Bonchev–Trinajstić information content (AvgIpc) is 1.80. The number of hydrogen-bond donors (Lipinski definition) is 2. The second-order valence-electron chi connectivity index (χ2n) is 1.59. The van der Waals surface area contributed by atoms with Crippen molar-refractivity contribution >= 4 is 5.97 Å². The zero-order valence-electron chi connectivity index (χ0n) is 5.08. The van der Waals surface area contributed by atoms with Gasteiger partial charge < -0.3 is 10.2 Å². The van der Waals surface area contributed by atoms with Gasteiger partial charge in [-0.05, 0) is 6.42 Å². The first-order chi connectivity index (χ1) is 4.27. The predicted molar refractivity (Wildman–Crippen MR) is 33.1 cm³/mol. The highest BCUT2D eigenvalue weighted by Crippen LogP contribution is 1.89. The molecule has 0 spiro atoms. The molecule has 9 heavy (non-hydrogen) atoms. The molecule has 52 valence electrons. The molecule has 0 aliphatic rings. The lowest BCUT2D eigenvalue weighted by Gasteiger charge is -1.84. The van der Waals surface area contributed by atoms with Gasteiger partial charge in [0.15, 0.2) is 0 Å². The van der Waals surface area contributed by atoms with Crippen LogP contribution in [0.5, 0.6) is 0 Å². The van der Waals surface area contributed by atoms with E-state index in [0.29, 0.717) is 6.42 Å². The molecule has 0 saturated carbocycles. The van der Waals surface area contributed by atoms with E-state index in [-0.39, 0.29) is 13.0 Å². The Hall–Kier alpha value is -0.830. The SMILES string of the molecule is O=C(O)CCC=CCO. The number of carboxylic acid groups (broad SMARTS) is 1. The number of aliphatic hydroxyl groups excluding tert-OH is 1. The van der Waals surface area contributed by atoms with Gasteiger partial charge in [0.25, 0.3) is 0 Å². The van der Waals surface area contributed by atoms with Crippen LogP contribution in [0.15, 0.2) is 12.2 Å². The molecule has 0 heterocycles. The summed E-state index contributed by atoms with van der Waals surface area (Å²) in [5.41, 5.74) is 0. The summed E-state index contributed by atoms with van der Waals surface area (Å²) in [5, 5.41) is 16.3. The number of aliphatic hydroxyl groups is 1. The standard InChI is InChI=1S/C6H10O3/c7-5-3-1-2-4-6(8)9/h1,3,7H,2,4-5H2,(H,8,9). The van der Waals surface area contributed by atoms with E-state index < -0.39 is 5.97 Å². The molecule has 0 aromatic rings. The molecule has 0 rings (SSSR count). The first-order valence-electron chi connectivity index (χ1n) is 2.75. The van der Waals surface area contributed by atoms with Crippen molar-refractivity contribution in [3.63, 3.8) is 0 Å². The van der Waals surface area contributed by atoms with Gasteiger partial charge in [-0.1, -0.05) is 12.2 Å². The van der Waals surface area contributed by atoms with Gasteiger partial charge in [0.1, 0.15) is 0 Å². The molecule has 0 aromatic carbocycles. The van der Waals surface area contributed by atoms with E-state index in [1.807, 2.05) is 0 Å². The molecular weight excluding hydrogens is 120 g/mol. The topological polar surface area (TPSA) is 57.5 Å². The fourth-order valence-electron chi connectivity index (χ4n) is 0.399. The minimum atomic E-state index is -0.808. The molecule has 0 bridgehead atoms. The number of carbonyl (C=O) groups is 1.